The molecule has 0 atom stereocenters. The third-order valence-corrected chi connectivity index (χ3v) is 5.55. The first kappa shape index (κ1) is 22.4. The van der Waals surface area contributed by atoms with Gasteiger partial charge in [-0.2, -0.15) is 5.10 Å². The zero-order valence-electron chi connectivity index (χ0n) is 18.7. The van der Waals surface area contributed by atoms with Gasteiger partial charge < -0.3 is 14.7 Å². The van der Waals surface area contributed by atoms with Gasteiger partial charge in [0, 0.05) is 41.4 Å². The molecule has 0 saturated carbocycles. The summed E-state index contributed by atoms with van der Waals surface area (Å²) in [6.45, 7) is 4.22. The van der Waals surface area contributed by atoms with E-state index < -0.39 is 0 Å². The van der Waals surface area contributed by atoms with Crippen molar-refractivity contribution < 1.29 is 19.0 Å². The summed E-state index contributed by atoms with van der Waals surface area (Å²) in [5.41, 5.74) is 4.70. The van der Waals surface area contributed by atoms with Crippen molar-refractivity contribution in [3.63, 3.8) is 0 Å². The number of halogens is 1. The fraction of sp³-hybridized carbons (Fsp3) is 0.240. The second-order valence-electron chi connectivity index (χ2n) is 7.75. The topological polar surface area (TPSA) is 91.3 Å². The van der Waals surface area contributed by atoms with E-state index in [1.807, 2.05) is 13.8 Å². The summed E-state index contributed by atoms with van der Waals surface area (Å²) in [4.78, 5) is 19.3. The number of rotatable bonds is 7. The number of hydrogen-bond donors (Lipinski definition) is 2. The molecule has 1 amide bonds. The number of nitrogens with one attached hydrogen (secondary N) is 1. The molecule has 4 rings (SSSR count). The van der Waals surface area contributed by atoms with Gasteiger partial charge in [0.15, 0.2) is 0 Å². The molecule has 33 heavy (non-hydrogen) atoms. The van der Waals surface area contributed by atoms with Crippen LogP contribution in [0.15, 0.2) is 48.7 Å². The molecular formula is C25H25FN4O3. The quantitative estimate of drug-likeness (QED) is 0.441. The van der Waals surface area contributed by atoms with Crippen LogP contribution in [0.1, 0.15) is 34.2 Å². The number of H-pyrrole nitrogens is 1. The first-order valence-corrected chi connectivity index (χ1v) is 10.6. The highest BCUT2D eigenvalue weighted by atomic mass is 19.1. The summed E-state index contributed by atoms with van der Waals surface area (Å²) in [5, 5.41) is 17.3. The number of pyridine rings is 1. The number of benzene rings is 2. The lowest BCUT2D eigenvalue weighted by molar-refractivity contribution is 0.0785. The van der Waals surface area contributed by atoms with Crippen LogP contribution in [0.25, 0.3) is 22.0 Å². The van der Waals surface area contributed by atoms with Crippen molar-refractivity contribution in [1.29, 1.82) is 0 Å². The Morgan fingerprint density at radius 2 is 2.06 bits per heavy atom. The van der Waals surface area contributed by atoms with E-state index in [4.69, 9.17) is 4.74 Å². The molecule has 4 aromatic rings. The third kappa shape index (κ3) is 4.42. The van der Waals surface area contributed by atoms with E-state index in [0.717, 1.165) is 16.5 Å². The van der Waals surface area contributed by atoms with Crippen molar-refractivity contribution >= 4 is 16.8 Å². The van der Waals surface area contributed by atoms with Gasteiger partial charge in [-0.05, 0) is 49.7 Å². The molecule has 2 heterocycles. The lowest BCUT2D eigenvalue weighted by atomic mass is 10.0. The van der Waals surface area contributed by atoms with Gasteiger partial charge >= 0.3 is 0 Å². The van der Waals surface area contributed by atoms with Gasteiger partial charge in [0.1, 0.15) is 11.6 Å². The monoisotopic (exact) mass is 448 g/mol. The largest absolute Gasteiger partial charge is 0.493 e. The Morgan fingerprint density at radius 3 is 2.79 bits per heavy atom. The van der Waals surface area contributed by atoms with E-state index in [1.165, 1.54) is 12.1 Å². The zero-order chi connectivity index (χ0) is 23.5. The van der Waals surface area contributed by atoms with Gasteiger partial charge in [0.05, 0.1) is 30.6 Å². The molecule has 0 aliphatic heterocycles. The van der Waals surface area contributed by atoms with Gasteiger partial charge in [0.2, 0.25) is 0 Å². The predicted octanol–water partition coefficient (Wildman–Crippen LogP) is 4.24. The van der Waals surface area contributed by atoms with E-state index >= 15 is 0 Å². The van der Waals surface area contributed by atoms with Gasteiger partial charge in [0.25, 0.3) is 5.91 Å². The SMILES string of the molecule is CCOc1cc(C(=O)N(C)Cc2c(C)nc(CO)c3cn[nH]c23)ccc1-c1cccc(F)c1. The fourth-order valence-electron chi connectivity index (χ4n) is 3.91. The molecular weight excluding hydrogens is 423 g/mol. The highest BCUT2D eigenvalue weighted by Crippen LogP contribution is 2.32. The van der Waals surface area contributed by atoms with Crippen molar-refractivity contribution in [1.82, 2.24) is 20.1 Å². The van der Waals surface area contributed by atoms with Gasteiger partial charge in [-0.3, -0.25) is 14.9 Å². The van der Waals surface area contributed by atoms with Crippen molar-refractivity contribution in [2.75, 3.05) is 13.7 Å². The predicted molar refractivity (Wildman–Crippen MR) is 123 cm³/mol. The Morgan fingerprint density at radius 1 is 1.24 bits per heavy atom. The Hall–Kier alpha value is -3.78. The number of carbonyl (C=O) groups excluding carboxylic acids is 1. The van der Waals surface area contributed by atoms with E-state index in [2.05, 4.69) is 15.2 Å². The third-order valence-electron chi connectivity index (χ3n) is 5.55. The number of aliphatic hydroxyl groups excluding tert-OH is 1. The average Bonchev–Trinajstić information content (AvgIpc) is 3.30. The number of aromatic amines is 1. The van der Waals surface area contributed by atoms with Crippen LogP contribution in [0.5, 0.6) is 5.75 Å². The minimum Gasteiger partial charge on any atom is -0.493 e. The highest BCUT2D eigenvalue weighted by Gasteiger charge is 2.19. The standard InChI is InChI=1S/C25H25FN4O3/c1-4-33-23-11-17(8-9-19(23)16-6-5-7-18(26)10-16)25(32)30(3)13-21-15(2)28-22(14-31)20-12-27-29-24(20)21/h5-12,31H,4,13-14H2,1-3H3,(H,27,29). The summed E-state index contributed by atoms with van der Waals surface area (Å²) >= 11 is 0. The second-order valence-corrected chi connectivity index (χ2v) is 7.75. The molecule has 2 N–H and O–H groups in total. The van der Waals surface area contributed by atoms with Gasteiger partial charge in [-0.25, -0.2) is 4.39 Å². The van der Waals surface area contributed by atoms with E-state index in [1.54, 1.807) is 48.5 Å². The van der Waals surface area contributed by atoms with Crippen LogP contribution in [0, 0.1) is 12.7 Å². The molecule has 7 nitrogen and oxygen atoms in total. The van der Waals surface area contributed by atoms with Crippen molar-refractivity contribution in [2.24, 2.45) is 0 Å². The molecule has 170 valence electrons. The Kier molecular flexibility index (Phi) is 6.37. The number of aliphatic hydroxyl groups is 1. The van der Waals surface area contributed by atoms with Crippen LogP contribution in [0.4, 0.5) is 4.39 Å². The summed E-state index contributed by atoms with van der Waals surface area (Å²) < 4.78 is 19.5. The van der Waals surface area contributed by atoms with Gasteiger partial charge in [-0.15, -0.1) is 0 Å². The van der Waals surface area contributed by atoms with Crippen molar-refractivity contribution in [3.05, 3.63) is 77.0 Å². The molecule has 8 heteroatoms. The average molecular weight is 448 g/mol. The number of ether oxygens (including phenoxy) is 1. The Balaban J connectivity index is 1.64. The van der Waals surface area contributed by atoms with E-state index in [-0.39, 0.29) is 18.3 Å². The second kappa shape index (κ2) is 9.38. The maximum atomic E-state index is 13.7. The van der Waals surface area contributed by atoms with Crippen LogP contribution >= 0.6 is 0 Å². The highest BCUT2D eigenvalue weighted by molar-refractivity contribution is 5.96. The zero-order valence-corrected chi connectivity index (χ0v) is 18.7. The van der Waals surface area contributed by atoms with Crippen LogP contribution in [-0.2, 0) is 13.2 Å². The maximum absolute atomic E-state index is 13.7. The molecule has 0 unspecified atom stereocenters. The number of hydrogen-bond acceptors (Lipinski definition) is 5. The molecule has 2 aromatic carbocycles. The minimum absolute atomic E-state index is 0.191. The molecule has 0 bridgehead atoms. The molecule has 0 fully saturated rings. The Labute approximate surface area is 190 Å². The number of aryl methyl sites for hydroxylation is 1. The first-order valence-electron chi connectivity index (χ1n) is 10.6. The molecule has 2 aromatic heterocycles. The molecule has 0 aliphatic carbocycles. The van der Waals surface area contributed by atoms with Gasteiger partial charge in [-0.1, -0.05) is 12.1 Å². The van der Waals surface area contributed by atoms with Crippen LogP contribution < -0.4 is 4.74 Å². The first-order chi connectivity index (χ1) is 15.9. The number of aromatic nitrogens is 3. The van der Waals surface area contributed by atoms with Crippen LogP contribution in [0.3, 0.4) is 0 Å². The summed E-state index contributed by atoms with van der Waals surface area (Å²) in [6.07, 6.45) is 1.62. The lowest BCUT2D eigenvalue weighted by Gasteiger charge is -2.20. The summed E-state index contributed by atoms with van der Waals surface area (Å²) in [7, 11) is 1.71. The Bertz CT molecular complexity index is 1320. The lowest BCUT2D eigenvalue weighted by Crippen LogP contribution is -2.27. The summed E-state index contributed by atoms with van der Waals surface area (Å²) in [6, 6.07) is 11.4. The number of amides is 1. The molecule has 0 spiro atoms. The fourth-order valence-corrected chi connectivity index (χ4v) is 3.91. The number of carbonyl (C=O) groups is 1. The maximum Gasteiger partial charge on any atom is 0.254 e. The van der Waals surface area contributed by atoms with Crippen LogP contribution in [0.2, 0.25) is 0 Å². The summed E-state index contributed by atoms with van der Waals surface area (Å²) in [5.74, 6) is -0.0142. The molecule has 0 aliphatic rings. The molecule has 0 radical (unpaired) electrons. The minimum atomic E-state index is -0.337. The van der Waals surface area contributed by atoms with Crippen molar-refractivity contribution in [2.45, 2.75) is 27.0 Å². The number of fused-ring (bicyclic) bond motifs is 1. The van der Waals surface area contributed by atoms with E-state index in [0.29, 0.717) is 47.0 Å². The van der Waals surface area contributed by atoms with Crippen molar-refractivity contribution in [3.8, 4) is 16.9 Å². The van der Waals surface area contributed by atoms with E-state index in [9.17, 15) is 14.3 Å². The normalized spacial score (nSPS) is 11.1. The number of nitrogens with zero attached hydrogens (tertiary/aromatic N) is 3. The smallest absolute Gasteiger partial charge is 0.254 e. The van der Waals surface area contributed by atoms with Crippen LogP contribution in [-0.4, -0.2) is 44.7 Å². The molecule has 0 saturated heterocycles.